The fourth-order valence-corrected chi connectivity index (χ4v) is 4.99. The summed E-state index contributed by atoms with van der Waals surface area (Å²) in [6.07, 6.45) is 0.788. The molecule has 2 aliphatic heterocycles. The molecule has 218 valence electrons. The van der Waals surface area contributed by atoms with E-state index in [0.717, 1.165) is 29.7 Å². The van der Waals surface area contributed by atoms with Crippen molar-refractivity contribution < 1.29 is 33.3 Å². The van der Waals surface area contributed by atoms with E-state index in [1.807, 2.05) is 30.9 Å². The van der Waals surface area contributed by atoms with Crippen LogP contribution in [0, 0.1) is 5.92 Å². The van der Waals surface area contributed by atoms with E-state index in [4.69, 9.17) is 23.7 Å². The number of alkyl carbamates (subject to hydrolysis) is 1. The van der Waals surface area contributed by atoms with Gasteiger partial charge >= 0.3 is 6.09 Å². The maximum absolute atomic E-state index is 13.6. The van der Waals surface area contributed by atoms with Gasteiger partial charge in [-0.05, 0) is 49.2 Å². The third kappa shape index (κ3) is 7.57. The summed E-state index contributed by atoms with van der Waals surface area (Å²) in [5.41, 5.74) is 2.67. The van der Waals surface area contributed by atoms with Crippen LogP contribution in [0.5, 0.6) is 17.2 Å². The molecule has 2 atom stereocenters. The van der Waals surface area contributed by atoms with Gasteiger partial charge in [-0.25, -0.2) is 4.79 Å². The number of benzene rings is 2. The van der Waals surface area contributed by atoms with Crippen molar-refractivity contribution in [3.63, 3.8) is 0 Å². The lowest BCUT2D eigenvalue weighted by molar-refractivity contribution is 0.0521. The number of rotatable bonds is 13. The third-order valence-electron chi connectivity index (χ3n) is 7.20. The zero-order valence-electron chi connectivity index (χ0n) is 23.9. The summed E-state index contributed by atoms with van der Waals surface area (Å²) in [5, 5.41) is 6.17. The molecule has 2 aliphatic rings. The van der Waals surface area contributed by atoms with Crippen LogP contribution in [0.3, 0.4) is 0 Å². The molecular weight excluding hydrogens is 514 g/mol. The van der Waals surface area contributed by atoms with Crippen molar-refractivity contribution in [3.05, 3.63) is 53.1 Å². The molecule has 0 aliphatic carbocycles. The molecule has 0 spiro atoms. The fourth-order valence-electron chi connectivity index (χ4n) is 4.99. The van der Waals surface area contributed by atoms with Gasteiger partial charge in [-0.15, -0.1) is 0 Å². The predicted octanol–water partition coefficient (Wildman–Crippen LogP) is 3.41. The summed E-state index contributed by atoms with van der Waals surface area (Å²) in [6.45, 7) is 7.71. The van der Waals surface area contributed by atoms with Crippen molar-refractivity contribution in [2.45, 2.75) is 45.4 Å². The molecule has 2 aromatic carbocycles. The molecule has 0 unspecified atom stereocenters. The molecule has 2 amide bonds. The maximum Gasteiger partial charge on any atom is 0.407 e. The molecule has 10 heteroatoms. The molecule has 10 nitrogen and oxygen atoms in total. The van der Waals surface area contributed by atoms with E-state index in [1.54, 1.807) is 32.4 Å². The highest BCUT2D eigenvalue weighted by molar-refractivity contribution is 5.95. The van der Waals surface area contributed by atoms with Gasteiger partial charge in [0.1, 0.15) is 11.9 Å². The van der Waals surface area contributed by atoms with Gasteiger partial charge in [-0.2, -0.15) is 0 Å². The number of carbonyl (C=O) groups excluding carboxylic acids is 2. The molecular formula is C30H41N3O7. The van der Waals surface area contributed by atoms with Gasteiger partial charge in [-0.1, -0.05) is 12.1 Å². The SMILES string of the molecule is COCCCOc1cc(C(=O)N(C[C@@H]2CNC[C@H]2OC(=O)NCc2ccc3c(c2)CCO3)C(C)C)ccc1OC. The van der Waals surface area contributed by atoms with Crippen LogP contribution in [0.4, 0.5) is 4.79 Å². The Kier molecular flexibility index (Phi) is 10.5. The lowest BCUT2D eigenvalue weighted by Gasteiger charge is -2.31. The van der Waals surface area contributed by atoms with E-state index in [0.29, 0.717) is 63.1 Å². The molecule has 40 heavy (non-hydrogen) atoms. The topological polar surface area (TPSA) is 108 Å². The average Bonchev–Trinajstić information content (AvgIpc) is 3.61. The zero-order valence-corrected chi connectivity index (χ0v) is 23.9. The summed E-state index contributed by atoms with van der Waals surface area (Å²) >= 11 is 0. The van der Waals surface area contributed by atoms with Crippen molar-refractivity contribution in [2.75, 3.05) is 53.7 Å². The first kappa shape index (κ1) is 29.5. The number of methoxy groups -OCH3 is 2. The minimum absolute atomic E-state index is 0.0442. The number of amides is 2. The molecule has 0 bridgehead atoms. The molecule has 4 rings (SSSR count). The first-order valence-electron chi connectivity index (χ1n) is 13.9. The lowest BCUT2D eigenvalue weighted by Crippen LogP contribution is -2.44. The van der Waals surface area contributed by atoms with Crippen LogP contribution in [0.15, 0.2) is 36.4 Å². The standard InChI is InChI=1S/C30H41N3O7/c1-20(2)33(29(34)23-7-9-26(37-4)27(15-23)38-12-5-11-36-3)19-24-17-31-18-28(24)40-30(35)32-16-21-6-8-25-22(14-21)10-13-39-25/h6-9,14-15,20,24,28,31H,5,10-13,16-19H2,1-4H3,(H,32,35)/t24-,28+/m0/s1. The van der Waals surface area contributed by atoms with E-state index in [9.17, 15) is 9.59 Å². The lowest BCUT2D eigenvalue weighted by atomic mass is 10.0. The van der Waals surface area contributed by atoms with E-state index in [2.05, 4.69) is 16.7 Å². The summed E-state index contributed by atoms with van der Waals surface area (Å²) < 4.78 is 27.7. The minimum Gasteiger partial charge on any atom is -0.493 e. The molecule has 2 aromatic rings. The van der Waals surface area contributed by atoms with Gasteiger partial charge in [0.15, 0.2) is 11.5 Å². The number of nitrogens with one attached hydrogen (secondary N) is 2. The molecule has 1 fully saturated rings. The first-order valence-corrected chi connectivity index (χ1v) is 13.9. The van der Waals surface area contributed by atoms with Gasteiger partial charge in [0.05, 0.1) is 20.3 Å². The highest BCUT2D eigenvalue weighted by atomic mass is 16.6. The van der Waals surface area contributed by atoms with Crippen LogP contribution >= 0.6 is 0 Å². The van der Waals surface area contributed by atoms with Crippen LogP contribution in [0.2, 0.25) is 0 Å². The van der Waals surface area contributed by atoms with Gasteiger partial charge in [-0.3, -0.25) is 4.79 Å². The largest absolute Gasteiger partial charge is 0.493 e. The second kappa shape index (κ2) is 14.2. The third-order valence-corrected chi connectivity index (χ3v) is 7.20. The Bertz CT molecular complexity index is 1160. The van der Waals surface area contributed by atoms with Crippen molar-refractivity contribution in [2.24, 2.45) is 5.92 Å². The normalized spacial score (nSPS) is 17.7. The quantitative estimate of drug-likeness (QED) is 0.362. The molecule has 0 radical (unpaired) electrons. The molecule has 2 N–H and O–H groups in total. The zero-order chi connectivity index (χ0) is 28.5. The van der Waals surface area contributed by atoms with E-state index >= 15 is 0 Å². The molecule has 1 saturated heterocycles. The average molecular weight is 556 g/mol. The van der Waals surface area contributed by atoms with Crippen molar-refractivity contribution >= 4 is 12.0 Å². The van der Waals surface area contributed by atoms with Gasteiger partial charge in [0.25, 0.3) is 5.91 Å². The van der Waals surface area contributed by atoms with E-state index in [1.165, 1.54) is 0 Å². The van der Waals surface area contributed by atoms with Gasteiger partial charge in [0, 0.05) is 70.3 Å². The molecule has 2 heterocycles. The Hall–Kier alpha value is -3.50. The number of ether oxygens (including phenoxy) is 5. The Labute approximate surface area is 236 Å². The van der Waals surface area contributed by atoms with E-state index in [-0.39, 0.29) is 24.0 Å². The number of hydrogen-bond donors (Lipinski definition) is 2. The summed E-state index contributed by atoms with van der Waals surface area (Å²) in [7, 11) is 3.22. The Balaban J connectivity index is 1.35. The molecule has 0 saturated carbocycles. The second-order valence-corrected chi connectivity index (χ2v) is 10.4. The predicted molar refractivity (Wildman–Crippen MR) is 150 cm³/mol. The number of nitrogens with zero attached hydrogens (tertiary/aromatic N) is 1. The van der Waals surface area contributed by atoms with E-state index < -0.39 is 6.09 Å². The number of hydrogen-bond acceptors (Lipinski definition) is 8. The summed E-state index contributed by atoms with van der Waals surface area (Å²) in [6, 6.07) is 11.1. The van der Waals surface area contributed by atoms with Crippen LogP contribution in [0.1, 0.15) is 41.8 Å². The van der Waals surface area contributed by atoms with Crippen molar-refractivity contribution in [1.82, 2.24) is 15.5 Å². The van der Waals surface area contributed by atoms with Crippen LogP contribution in [-0.4, -0.2) is 82.7 Å². The monoisotopic (exact) mass is 555 g/mol. The highest BCUT2D eigenvalue weighted by Crippen LogP contribution is 2.30. The summed E-state index contributed by atoms with van der Waals surface area (Å²) in [4.78, 5) is 28.1. The smallest absolute Gasteiger partial charge is 0.407 e. The Morgan fingerprint density at radius 1 is 1.10 bits per heavy atom. The fraction of sp³-hybridized carbons (Fsp3) is 0.533. The number of carbonyl (C=O) groups is 2. The maximum atomic E-state index is 13.6. The first-order chi connectivity index (χ1) is 19.4. The van der Waals surface area contributed by atoms with Crippen molar-refractivity contribution in [3.8, 4) is 17.2 Å². The van der Waals surface area contributed by atoms with Crippen LogP contribution < -0.4 is 24.8 Å². The summed E-state index contributed by atoms with van der Waals surface area (Å²) in [5.74, 6) is 1.84. The highest BCUT2D eigenvalue weighted by Gasteiger charge is 2.34. The molecule has 0 aromatic heterocycles. The van der Waals surface area contributed by atoms with Gasteiger partial charge < -0.3 is 39.2 Å². The van der Waals surface area contributed by atoms with Crippen molar-refractivity contribution in [1.29, 1.82) is 0 Å². The second-order valence-electron chi connectivity index (χ2n) is 10.4. The van der Waals surface area contributed by atoms with Crippen LogP contribution in [-0.2, 0) is 22.4 Å². The van der Waals surface area contributed by atoms with Crippen LogP contribution in [0.25, 0.3) is 0 Å². The van der Waals surface area contributed by atoms with Gasteiger partial charge in [0.2, 0.25) is 0 Å². The minimum atomic E-state index is -0.469. The Morgan fingerprint density at radius 3 is 2.73 bits per heavy atom. The number of fused-ring (bicyclic) bond motifs is 1. The Morgan fingerprint density at radius 2 is 1.95 bits per heavy atom.